The first-order valence-electron chi connectivity index (χ1n) is 8.60. The van der Waals surface area contributed by atoms with Crippen LogP contribution in [-0.2, 0) is 0 Å². The van der Waals surface area contributed by atoms with Crippen LogP contribution in [0.15, 0.2) is 91.0 Å². The van der Waals surface area contributed by atoms with Gasteiger partial charge in [0, 0.05) is 9.52 Å². The molecule has 0 saturated heterocycles. The number of hydrogen-bond donors (Lipinski definition) is 0. The molecule has 0 heterocycles. The molecule has 0 bridgehead atoms. The first-order valence-corrected chi connectivity index (χ1v) is 13.2. The van der Waals surface area contributed by atoms with Gasteiger partial charge in [0.05, 0.1) is 0 Å². The summed E-state index contributed by atoms with van der Waals surface area (Å²) >= 11 is -1.63. The summed E-state index contributed by atoms with van der Waals surface area (Å²) in [6.45, 7) is 4.45. The molecule has 3 aromatic rings. The predicted octanol–water partition coefficient (Wildman–Crippen LogP) is 3.77. The number of benzene rings is 3. The molecular weight excluding hydrogens is 365 g/mol. The molecule has 0 fully saturated rings. The molecule has 0 amide bonds. The van der Waals surface area contributed by atoms with Gasteiger partial charge in [-0.05, 0) is 0 Å². The van der Waals surface area contributed by atoms with Gasteiger partial charge in [0.2, 0.25) is 0 Å². The van der Waals surface area contributed by atoms with Crippen LogP contribution < -0.4 is 13.2 Å². The Hall–Kier alpha value is -1.58. The second-order valence-corrected chi connectivity index (χ2v) is 12.6. The van der Waals surface area contributed by atoms with Crippen LogP contribution in [-0.4, -0.2) is 23.9 Å². The molecule has 0 saturated carbocycles. The summed E-state index contributed by atoms with van der Waals surface area (Å²) in [5.74, 6) is 0. The zero-order chi connectivity index (χ0) is 17.0. The molecule has 3 aromatic carbocycles. The number of rotatable bonds is 5. The SMILES string of the molecule is CC[Si]CC.c1cc[c]([Ge]([c]2ccccc2)[c]2ccccc2)cc1. The van der Waals surface area contributed by atoms with Crippen molar-refractivity contribution >= 4 is 37.1 Å². The molecule has 0 spiro atoms. The maximum atomic E-state index is 2.27. The van der Waals surface area contributed by atoms with Gasteiger partial charge in [-0.25, -0.2) is 0 Å². The van der Waals surface area contributed by atoms with Crippen LogP contribution in [0.3, 0.4) is 0 Å². The predicted molar refractivity (Wildman–Crippen MR) is 111 cm³/mol. The molecule has 0 aliphatic heterocycles. The summed E-state index contributed by atoms with van der Waals surface area (Å²) in [4.78, 5) is 0. The average molecular weight is 390 g/mol. The van der Waals surface area contributed by atoms with E-state index in [4.69, 9.17) is 0 Å². The third-order valence-electron chi connectivity index (χ3n) is 3.69. The molecule has 0 nitrogen and oxygen atoms in total. The van der Waals surface area contributed by atoms with Gasteiger partial charge in [-0.3, -0.25) is 0 Å². The van der Waals surface area contributed by atoms with E-state index in [1.807, 2.05) is 0 Å². The third-order valence-corrected chi connectivity index (χ3v) is 10.4. The van der Waals surface area contributed by atoms with Crippen LogP contribution in [0.1, 0.15) is 13.8 Å². The minimum atomic E-state index is -1.63. The third kappa shape index (κ3) is 5.81. The van der Waals surface area contributed by atoms with Gasteiger partial charge in [-0.15, -0.1) is 0 Å². The summed E-state index contributed by atoms with van der Waals surface area (Å²) in [5.41, 5.74) is 0. The zero-order valence-corrected chi connectivity index (χ0v) is 17.7. The minimum absolute atomic E-state index is 1.20. The van der Waals surface area contributed by atoms with Gasteiger partial charge in [0.1, 0.15) is 0 Å². The van der Waals surface area contributed by atoms with Crippen molar-refractivity contribution in [3.8, 4) is 0 Å². The zero-order valence-electron chi connectivity index (χ0n) is 14.6. The second kappa shape index (κ2) is 11.1. The maximum absolute atomic E-state index is 2.27. The summed E-state index contributed by atoms with van der Waals surface area (Å²) in [7, 11) is 1.20. The molecule has 121 valence electrons. The van der Waals surface area contributed by atoms with E-state index in [0.29, 0.717) is 0 Å². The van der Waals surface area contributed by atoms with Gasteiger partial charge in [-0.1, -0.05) is 25.9 Å². The van der Waals surface area contributed by atoms with Crippen LogP contribution >= 0.6 is 0 Å². The molecular formula is C22H25GeSi. The quantitative estimate of drug-likeness (QED) is 0.582. The second-order valence-electron chi connectivity index (χ2n) is 5.43. The number of hydrogen-bond acceptors (Lipinski definition) is 0. The van der Waals surface area contributed by atoms with E-state index >= 15 is 0 Å². The first kappa shape index (κ1) is 18.8. The fourth-order valence-corrected chi connectivity index (χ4v) is 8.47. The Balaban J connectivity index is 0.000000368. The molecule has 0 aromatic heterocycles. The molecule has 0 aliphatic carbocycles. The molecule has 2 heteroatoms. The summed E-state index contributed by atoms with van der Waals surface area (Å²) in [6.07, 6.45) is 0. The Kier molecular flexibility index (Phi) is 8.64. The molecule has 0 unspecified atom stereocenters. The normalized spacial score (nSPS) is 10.1. The van der Waals surface area contributed by atoms with Gasteiger partial charge in [0.25, 0.3) is 0 Å². The molecule has 3 rings (SSSR count). The van der Waals surface area contributed by atoms with Crippen LogP contribution in [0.4, 0.5) is 0 Å². The van der Waals surface area contributed by atoms with E-state index in [1.165, 1.54) is 34.8 Å². The van der Waals surface area contributed by atoms with Crippen molar-refractivity contribution in [3.05, 3.63) is 91.0 Å². The van der Waals surface area contributed by atoms with Crippen LogP contribution in [0.25, 0.3) is 0 Å². The Morgan fingerprint density at radius 1 is 0.542 bits per heavy atom. The standard InChI is InChI=1S/C18H15Ge.C4H10Si/c1-4-10-16(11-5-1)19(17-12-6-2-7-13-17)18-14-8-3-9-15-18;1-3-5-4-2/h1-15H;3-4H2,1-2H3. The Morgan fingerprint density at radius 2 is 0.833 bits per heavy atom. The molecule has 0 N–H and O–H groups in total. The van der Waals surface area contributed by atoms with E-state index in [9.17, 15) is 0 Å². The molecule has 0 atom stereocenters. The van der Waals surface area contributed by atoms with E-state index in [1.54, 1.807) is 0 Å². The van der Waals surface area contributed by atoms with Crippen molar-refractivity contribution in [1.82, 2.24) is 0 Å². The summed E-state index contributed by atoms with van der Waals surface area (Å²) < 4.78 is 4.50. The fourth-order valence-electron chi connectivity index (χ4n) is 2.56. The van der Waals surface area contributed by atoms with E-state index in [-0.39, 0.29) is 0 Å². The van der Waals surface area contributed by atoms with Crippen LogP contribution in [0.5, 0.6) is 0 Å². The van der Waals surface area contributed by atoms with Gasteiger partial charge < -0.3 is 0 Å². The van der Waals surface area contributed by atoms with Crippen molar-refractivity contribution in [1.29, 1.82) is 0 Å². The molecule has 3 radical (unpaired) electrons. The van der Waals surface area contributed by atoms with Gasteiger partial charge >= 0.3 is 119 Å². The topological polar surface area (TPSA) is 0 Å². The fraction of sp³-hybridized carbons (Fsp3) is 0.182. The molecule has 24 heavy (non-hydrogen) atoms. The van der Waals surface area contributed by atoms with Crippen molar-refractivity contribution in [2.45, 2.75) is 25.9 Å². The Morgan fingerprint density at radius 3 is 1.04 bits per heavy atom. The first-order chi connectivity index (χ1) is 11.9. The average Bonchev–Trinajstić information content (AvgIpc) is 2.66. The summed E-state index contributed by atoms with van der Waals surface area (Å²) in [6, 6.07) is 35.5. The van der Waals surface area contributed by atoms with Gasteiger partial charge in [-0.2, -0.15) is 0 Å². The van der Waals surface area contributed by atoms with Crippen molar-refractivity contribution in [2.24, 2.45) is 0 Å². The Labute approximate surface area is 153 Å². The van der Waals surface area contributed by atoms with Crippen molar-refractivity contribution in [2.75, 3.05) is 0 Å². The van der Waals surface area contributed by atoms with Crippen molar-refractivity contribution < 1.29 is 0 Å². The molecule has 0 aliphatic rings. The van der Waals surface area contributed by atoms with E-state index in [0.717, 1.165) is 0 Å². The van der Waals surface area contributed by atoms with Crippen LogP contribution in [0, 0.1) is 0 Å². The monoisotopic (exact) mass is 391 g/mol. The van der Waals surface area contributed by atoms with Gasteiger partial charge in [0.15, 0.2) is 0 Å². The van der Waals surface area contributed by atoms with Crippen LogP contribution in [0.2, 0.25) is 12.1 Å². The van der Waals surface area contributed by atoms with E-state index in [2.05, 4.69) is 105 Å². The Bertz CT molecular complexity index is 572. The van der Waals surface area contributed by atoms with Crippen molar-refractivity contribution in [3.63, 3.8) is 0 Å². The van der Waals surface area contributed by atoms with E-state index < -0.39 is 14.3 Å². The summed E-state index contributed by atoms with van der Waals surface area (Å²) in [5, 5.41) is 0.